The monoisotopic (exact) mass is 279 g/mol. The summed E-state index contributed by atoms with van der Waals surface area (Å²) >= 11 is 1.44. The smallest absolute Gasteiger partial charge is 0.315 e. The predicted molar refractivity (Wildman–Crippen MR) is 74.4 cm³/mol. The van der Waals surface area contributed by atoms with Crippen LogP contribution in [-0.2, 0) is 10.2 Å². The van der Waals surface area contributed by atoms with Gasteiger partial charge in [-0.2, -0.15) is 5.10 Å². The van der Waals surface area contributed by atoms with Crippen LogP contribution in [0.25, 0.3) is 10.6 Å². The molecule has 19 heavy (non-hydrogen) atoms. The number of hydrogen-bond donors (Lipinski definition) is 1. The second-order valence-corrected chi connectivity index (χ2v) is 6.13. The molecule has 0 aliphatic carbocycles. The van der Waals surface area contributed by atoms with Crippen LogP contribution in [0.3, 0.4) is 0 Å². The lowest BCUT2D eigenvalue weighted by molar-refractivity contribution is -0.142. The standard InChI is InChI=1S/C13H17N3O2S/c1-8(2)16-6-9(5-14-16)11-15-10(7-19-11)13(3,4)12(17)18/h5-8H,1-4H3,(H,17,18). The van der Waals surface area contributed by atoms with Gasteiger partial charge in [-0.15, -0.1) is 11.3 Å². The normalized spacial score (nSPS) is 12.1. The van der Waals surface area contributed by atoms with Gasteiger partial charge in [0.2, 0.25) is 0 Å². The minimum absolute atomic E-state index is 0.295. The van der Waals surface area contributed by atoms with E-state index in [0.29, 0.717) is 11.7 Å². The van der Waals surface area contributed by atoms with Gasteiger partial charge < -0.3 is 5.11 Å². The summed E-state index contributed by atoms with van der Waals surface area (Å²) in [4.78, 5) is 15.6. The van der Waals surface area contributed by atoms with Crippen molar-refractivity contribution in [1.29, 1.82) is 0 Å². The van der Waals surface area contributed by atoms with Crippen molar-refractivity contribution in [1.82, 2.24) is 14.8 Å². The largest absolute Gasteiger partial charge is 0.481 e. The van der Waals surface area contributed by atoms with Gasteiger partial charge in [0.1, 0.15) is 10.4 Å². The van der Waals surface area contributed by atoms with E-state index < -0.39 is 11.4 Å². The lowest BCUT2D eigenvalue weighted by atomic mass is 9.90. The molecule has 0 fully saturated rings. The summed E-state index contributed by atoms with van der Waals surface area (Å²) in [6.45, 7) is 7.42. The number of carboxylic acids is 1. The van der Waals surface area contributed by atoms with Crippen molar-refractivity contribution in [2.75, 3.05) is 0 Å². The van der Waals surface area contributed by atoms with Crippen LogP contribution < -0.4 is 0 Å². The summed E-state index contributed by atoms with van der Waals surface area (Å²) < 4.78 is 1.86. The quantitative estimate of drug-likeness (QED) is 0.934. The molecule has 0 aliphatic rings. The molecule has 0 spiro atoms. The zero-order valence-electron chi connectivity index (χ0n) is 11.4. The highest BCUT2D eigenvalue weighted by Crippen LogP contribution is 2.30. The summed E-state index contributed by atoms with van der Waals surface area (Å²) in [5.41, 5.74) is 0.534. The van der Waals surface area contributed by atoms with Gasteiger partial charge >= 0.3 is 5.97 Å². The van der Waals surface area contributed by atoms with Crippen LogP contribution in [0.2, 0.25) is 0 Å². The molecule has 0 unspecified atom stereocenters. The topological polar surface area (TPSA) is 68.0 Å². The third kappa shape index (κ3) is 2.53. The molecule has 0 aromatic carbocycles. The zero-order valence-corrected chi connectivity index (χ0v) is 12.2. The van der Waals surface area contributed by atoms with E-state index >= 15 is 0 Å². The Morgan fingerprint density at radius 2 is 2.16 bits per heavy atom. The van der Waals surface area contributed by atoms with Gasteiger partial charge in [-0.05, 0) is 27.7 Å². The first-order chi connectivity index (χ1) is 8.82. The zero-order chi connectivity index (χ0) is 14.2. The molecule has 0 atom stereocenters. The van der Waals surface area contributed by atoms with Gasteiger partial charge in [0.05, 0.1) is 11.9 Å². The van der Waals surface area contributed by atoms with Crippen molar-refractivity contribution in [2.24, 2.45) is 0 Å². The third-order valence-corrected chi connectivity index (χ3v) is 3.95. The number of carbonyl (C=O) groups is 1. The van der Waals surface area contributed by atoms with E-state index in [1.807, 2.05) is 10.9 Å². The molecule has 2 heterocycles. The number of aliphatic carboxylic acids is 1. The number of rotatable bonds is 4. The predicted octanol–water partition coefficient (Wildman–Crippen LogP) is 2.95. The fourth-order valence-electron chi connectivity index (χ4n) is 1.53. The van der Waals surface area contributed by atoms with E-state index in [4.69, 9.17) is 0 Å². The maximum absolute atomic E-state index is 11.2. The molecule has 2 aromatic heterocycles. The highest BCUT2D eigenvalue weighted by molar-refractivity contribution is 7.13. The van der Waals surface area contributed by atoms with Crippen LogP contribution in [0.15, 0.2) is 17.8 Å². The van der Waals surface area contributed by atoms with Gasteiger partial charge in [0, 0.05) is 23.2 Å². The van der Waals surface area contributed by atoms with E-state index in [0.717, 1.165) is 10.6 Å². The molecule has 0 saturated carbocycles. The first kappa shape index (κ1) is 13.7. The molecule has 0 amide bonds. The Balaban J connectivity index is 2.33. The maximum Gasteiger partial charge on any atom is 0.315 e. The van der Waals surface area contributed by atoms with Crippen LogP contribution in [0.4, 0.5) is 0 Å². The number of hydrogen-bond acceptors (Lipinski definition) is 4. The van der Waals surface area contributed by atoms with E-state index in [1.54, 1.807) is 25.4 Å². The molecule has 1 N–H and O–H groups in total. The minimum atomic E-state index is -0.969. The van der Waals surface area contributed by atoms with Gasteiger partial charge in [-0.25, -0.2) is 4.98 Å². The number of aromatic nitrogens is 3. The first-order valence-electron chi connectivity index (χ1n) is 6.06. The molecule has 0 radical (unpaired) electrons. The highest BCUT2D eigenvalue weighted by atomic mass is 32.1. The van der Waals surface area contributed by atoms with E-state index in [1.165, 1.54) is 11.3 Å². The van der Waals surface area contributed by atoms with Crippen molar-refractivity contribution >= 4 is 17.3 Å². The van der Waals surface area contributed by atoms with Crippen LogP contribution in [0.5, 0.6) is 0 Å². The van der Waals surface area contributed by atoms with Gasteiger partial charge in [-0.3, -0.25) is 9.48 Å². The Morgan fingerprint density at radius 1 is 1.47 bits per heavy atom. The Morgan fingerprint density at radius 3 is 2.68 bits per heavy atom. The van der Waals surface area contributed by atoms with Crippen LogP contribution in [0, 0.1) is 0 Å². The number of carboxylic acid groups (broad SMARTS) is 1. The Bertz CT molecular complexity index is 599. The summed E-state index contributed by atoms with van der Waals surface area (Å²) in [5.74, 6) is -0.873. The van der Waals surface area contributed by atoms with Crippen molar-refractivity contribution in [2.45, 2.75) is 39.2 Å². The molecule has 0 aliphatic heterocycles. The lowest BCUT2D eigenvalue weighted by Gasteiger charge is -2.15. The molecule has 2 rings (SSSR count). The second-order valence-electron chi connectivity index (χ2n) is 5.27. The molecule has 102 valence electrons. The Hall–Kier alpha value is -1.69. The second kappa shape index (κ2) is 4.77. The van der Waals surface area contributed by atoms with Gasteiger partial charge in [0.15, 0.2) is 0 Å². The van der Waals surface area contributed by atoms with Crippen molar-refractivity contribution in [3.8, 4) is 10.6 Å². The summed E-state index contributed by atoms with van der Waals surface area (Å²) in [6.07, 6.45) is 3.69. The van der Waals surface area contributed by atoms with E-state index in [2.05, 4.69) is 23.9 Å². The summed E-state index contributed by atoms with van der Waals surface area (Å²) in [7, 11) is 0. The minimum Gasteiger partial charge on any atom is -0.481 e. The van der Waals surface area contributed by atoms with Crippen LogP contribution >= 0.6 is 11.3 Å². The van der Waals surface area contributed by atoms with E-state index in [-0.39, 0.29) is 0 Å². The van der Waals surface area contributed by atoms with Gasteiger partial charge in [-0.1, -0.05) is 0 Å². The highest BCUT2D eigenvalue weighted by Gasteiger charge is 2.32. The van der Waals surface area contributed by atoms with Crippen molar-refractivity contribution in [3.05, 3.63) is 23.5 Å². The van der Waals surface area contributed by atoms with Crippen molar-refractivity contribution in [3.63, 3.8) is 0 Å². The van der Waals surface area contributed by atoms with Gasteiger partial charge in [0.25, 0.3) is 0 Å². The number of nitrogens with zero attached hydrogens (tertiary/aromatic N) is 3. The Kier molecular flexibility index (Phi) is 3.45. The summed E-state index contributed by atoms with van der Waals surface area (Å²) in [5, 5.41) is 16.1. The molecule has 0 bridgehead atoms. The molecule has 2 aromatic rings. The number of thiazole rings is 1. The fraction of sp³-hybridized carbons (Fsp3) is 0.462. The molecular formula is C13H17N3O2S. The van der Waals surface area contributed by atoms with Crippen LogP contribution in [-0.4, -0.2) is 25.8 Å². The van der Waals surface area contributed by atoms with E-state index in [9.17, 15) is 9.90 Å². The Labute approximate surface area is 115 Å². The molecule has 5 nitrogen and oxygen atoms in total. The summed E-state index contributed by atoms with van der Waals surface area (Å²) in [6, 6.07) is 0.295. The SMILES string of the molecule is CC(C)n1cc(-c2nc(C(C)(C)C(=O)O)cs2)cn1. The van der Waals surface area contributed by atoms with Crippen molar-refractivity contribution < 1.29 is 9.90 Å². The average molecular weight is 279 g/mol. The molecule has 6 heteroatoms. The first-order valence-corrected chi connectivity index (χ1v) is 6.94. The molecule has 0 saturated heterocycles. The molecular weight excluding hydrogens is 262 g/mol. The maximum atomic E-state index is 11.2. The fourth-order valence-corrected chi connectivity index (χ4v) is 2.50. The van der Waals surface area contributed by atoms with Crippen LogP contribution in [0.1, 0.15) is 39.4 Å². The average Bonchev–Trinajstić information content (AvgIpc) is 2.97. The third-order valence-electron chi connectivity index (χ3n) is 3.06. The lowest BCUT2D eigenvalue weighted by Crippen LogP contribution is -2.28.